The van der Waals surface area contributed by atoms with E-state index in [1.165, 1.54) is 0 Å². The summed E-state index contributed by atoms with van der Waals surface area (Å²) in [7, 11) is 0. The number of aromatic nitrogens is 2. The summed E-state index contributed by atoms with van der Waals surface area (Å²) in [5, 5.41) is 2.75. The molecule has 0 aliphatic carbocycles. The van der Waals surface area contributed by atoms with Gasteiger partial charge in [-0.05, 0) is 61.4 Å². The zero-order valence-electron chi connectivity index (χ0n) is 17.5. The highest BCUT2D eigenvalue weighted by molar-refractivity contribution is 7.16. The molecule has 3 aromatic rings. The van der Waals surface area contributed by atoms with E-state index in [4.69, 9.17) is 0 Å². The van der Waals surface area contributed by atoms with Crippen LogP contribution in [0.1, 0.15) is 49.6 Å². The highest BCUT2D eigenvalue weighted by Crippen LogP contribution is 2.35. The van der Waals surface area contributed by atoms with Gasteiger partial charge in [-0.1, -0.05) is 19.9 Å². The van der Waals surface area contributed by atoms with Crippen LogP contribution in [0.2, 0.25) is 0 Å². The third kappa shape index (κ3) is 4.07. The van der Waals surface area contributed by atoms with E-state index in [-0.39, 0.29) is 6.04 Å². The van der Waals surface area contributed by atoms with E-state index < -0.39 is 11.8 Å². The lowest BCUT2D eigenvalue weighted by atomic mass is 9.89. The van der Waals surface area contributed by atoms with Crippen LogP contribution in [0.15, 0.2) is 36.0 Å². The number of rotatable bonds is 3. The van der Waals surface area contributed by atoms with E-state index in [1.807, 2.05) is 37.6 Å². The second-order valence-electron chi connectivity index (χ2n) is 8.01. The molecule has 1 aliphatic heterocycles. The van der Waals surface area contributed by atoms with Gasteiger partial charge in [0.1, 0.15) is 0 Å². The number of amides is 2. The minimum absolute atomic E-state index is 0.118. The quantitative estimate of drug-likeness (QED) is 0.631. The van der Waals surface area contributed by atoms with Gasteiger partial charge in [0.15, 0.2) is 0 Å². The van der Waals surface area contributed by atoms with E-state index in [9.17, 15) is 9.59 Å². The fraction of sp³-hybridized carbons (Fsp3) is 0.391. The lowest BCUT2D eigenvalue weighted by Crippen LogP contribution is -2.46. The maximum atomic E-state index is 13.1. The summed E-state index contributed by atoms with van der Waals surface area (Å²) in [4.78, 5) is 36.4. The first-order valence-electron chi connectivity index (χ1n) is 10.4. The number of carbonyl (C=O) groups is 2. The van der Waals surface area contributed by atoms with Gasteiger partial charge in [0.2, 0.25) is 0 Å². The molecule has 1 aromatic carbocycles. The Labute approximate surface area is 180 Å². The van der Waals surface area contributed by atoms with Crippen LogP contribution in [-0.4, -0.2) is 33.2 Å². The number of thiazole rings is 1. The minimum atomic E-state index is -0.614. The highest BCUT2D eigenvalue weighted by atomic mass is 32.1. The number of carbonyl (C=O) groups excluding carboxylic acids is 2. The average molecular weight is 423 g/mol. The van der Waals surface area contributed by atoms with Gasteiger partial charge < -0.3 is 10.2 Å². The van der Waals surface area contributed by atoms with E-state index in [1.54, 1.807) is 22.4 Å². The lowest BCUT2D eigenvalue weighted by molar-refractivity contribution is -0.146. The molecule has 4 rings (SSSR count). The number of nitrogens with one attached hydrogen (secondary N) is 1. The number of hydrogen-bond acceptors (Lipinski definition) is 5. The van der Waals surface area contributed by atoms with Crippen LogP contribution in [0.25, 0.3) is 10.2 Å². The van der Waals surface area contributed by atoms with Crippen LogP contribution in [0.5, 0.6) is 0 Å². The van der Waals surface area contributed by atoms with Crippen LogP contribution in [0, 0.1) is 12.8 Å². The Kier molecular flexibility index (Phi) is 5.81. The van der Waals surface area contributed by atoms with Crippen molar-refractivity contribution in [1.29, 1.82) is 0 Å². The van der Waals surface area contributed by atoms with Gasteiger partial charge in [-0.2, -0.15) is 0 Å². The largest absolute Gasteiger partial charge is 0.327 e. The zero-order chi connectivity index (χ0) is 21.3. The number of piperidine rings is 1. The third-order valence-corrected chi connectivity index (χ3v) is 6.65. The molecule has 1 N–H and O–H groups in total. The maximum absolute atomic E-state index is 13.1. The standard InChI is InChI=1S/C23H26N4O2S/c1-4-16-9-18(11-24-15(16)3)26-22(28)23(29)27-12-14(2)5-7-20(27)17-6-8-21-19(10-17)25-13-30-21/h6,8-11,13-14,20H,4-5,7,12H2,1-3H3,(H,26,28)/t14-,20+/m0/s1. The second-order valence-corrected chi connectivity index (χ2v) is 8.90. The van der Waals surface area contributed by atoms with E-state index in [2.05, 4.69) is 28.3 Å². The normalized spacial score (nSPS) is 19.1. The predicted octanol–water partition coefficient (Wildman–Crippen LogP) is 4.50. The minimum Gasteiger partial charge on any atom is -0.327 e. The van der Waals surface area contributed by atoms with Crippen molar-refractivity contribution in [2.24, 2.45) is 5.92 Å². The van der Waals surface area contributed by atoms with Gasteiger partial charge in [0.25, 0.3) is 0 Å². The van der Waals surface area contributed by atoms with Crippen molar-refractivity contribution in [2.75, 3.05) is 11.9 Å². The first kappa shape index (κ1) is 20.5. The summed E-state index contributed by atoms with van der Waals surface area (Å²) in [6, 6.07) is 7.92. The number of nitrogens with zero attached hydrogens (tertiary/aromatic N) is 3. The number of fused-ring (bicyclic) bond motifs is 1. The Morgan fingerprint density at radius 3 is 2.87 bits per heavy atom. The van der Waals surface area contributed by atoms with Gasteiger partial charge in [-0.15, -0.1) is 11.3 Å². The topological polar surface area (TPSA) is 75.2 Å². The zero-order valence-corrected chi connectivity index (χ0v) is 18.3. The summed E-state index contributed by atoms with van der Waals surface area (Å²) < 4.78 is 1.12. The number of pyridine rings is 1. The molecule has 156 valence electrons. The first-order chi connectivity index (χ1) is 14.5. The molecule has 0 radical (unpaired) electrons. The molecule has 0 bridgehead atoms. The molecular weight excluding hydrogens is 396 g/mol. The Hall–Kier alpha value is -2.80. The van der Waals surface area contributed by atoms with Crippen molar-refractivity contribution in [3.63, 3.8) is 0 Å². The van der Waals surface area contributed by atoms with Crippen molar-refractivity contribution in [3.05, 3.63) is 52.8 Å². The maximum Gasteiger partial charge on any atom is 0.313 e. The third-order valence-electron chi connectivity index (χ3n) is 5.84. The van der Waals surface area contributed by atoms with Crippen LogP contribution in [0.4, 0.5) is 5.69 Å². The van der Waals surface area contributed by atoms with Crippen molar-refractivity contribution < 1.29 is 9.59 Å². The molecule has 2 atom stereocenters. The fourth-order valence-electron chi connectivity index (χ4n) is 4.13. The molecule has 0 saturated carbocycles. The molecule has 2 aromatic heterocycles. The predicted molar refractivity (Wildman–Crippen MR) is 119 cm³/mol. The molecule has 1 fully saturated rings. The summed E-state index contributed by atoms with van der Waals surface area (Å²) in [6.07, 6.45) is 4.28. The van der Waals surface area contributed by atoms with E-state index in [0.717, 1.165) is 46.3 Å². The molecule has 30 heavy (non-hydrogen) atoms. The number of aryl methyl sites for hydroxylation is 2. The SMILES string of the molecule is CCc1cc(NC(=O)C(=O)N2C[C@@H](C)CC[C@@H]2c2ccc3scnc3c2)cnc1C. The Morgan fingerprint density at radius 1 is 1.23 bits per heavy atom. The molecule has 3 heterocycles. The van der Waals surface area contributed by atoms with Gasteiger partial charge in [-0.25, -0.2) is 4.98 Å². The molecule has 0 unspecified atom stereocenters. The highest BCUT2D eigenvalue weighted by Gasteiger charge is 2.34. The van der Waals surface area contributed by atoms with E-state index in [0.29, 0.717) is 18.2 Å². The average Bonchev–Trinajstić information content (AvgIpc) is 3.22. The van der Waals surface area contributed by atoms with E-state index >= 15 is 0 Å². The van der Waals surface area contributed by atoms with Crippen molar-refractivity contribution in [2.45, 2.75) is 46.1 Å². The fourth-order valence-corrected chi connectivity index (χ4v) is 4.78. The molecule has 2 amide bonds. The summed E-state index contributed by atoms with van der Waals surface area (Å²) in [5.41, 5.74) is 6.35. The van der Waals surface area contributed by atoms with Crippen LogP contribution in [-0.2, 0) is 16.0 Å². The smallest absolute Gasteiger partial charge is 0.313 e. The number of likely N-dealkylation sites (tertiary alicyclic amines) is 1. The Balaban J connectivity index is 1.56. The van der Waals surface area contributed by atoms with Gasteiger partial charge in [0, 0.05) is 12.2 Å². The monoisotopic (exact) mass is 422 g/mol. The Morgan fingerprint density at radius 2 is 2.07 bits per heavy atom. The Bertz CT molecular complexity index is 1090. The molecule has 1 aliphatic rings. The van der Waals surface area contributed by atoms with Crippen LogP contribution >= 0.6 is 11.3 Å². The number of anilines is 1. The lowest BCUT2D eigenvalue weighted by Gasteiger charge is -2.38. The van der Waals surface area contributed by atoms with Gasteiger partial charge in [0.05, 0.1) is 33.7 Å². The van der Waals surface area contributed by atoms with Gasteiger partial charge in [-0.3, -0.25) is 14.6 Å². The van der Waals surface area contributed by atoms with Crippen LogP contribution < -0.4 is 5.32 Å². The van der Waals surface area contributed by atoms with Crippen molar-refractivity contribution >= 4 is 39.1 Å². The van der Waals surface area contributed by atoms with Crippen LogP contribution in [0.3, 0.4) is 0 Å². The molecule has 7 heteroatoms. The van der Waals surface area contributed by atoms with Crippen molar-refractivity contribution in [1.82, 2.24) is 14.9 Å². The number of hydrogen-bond donors (Lipinski definition) is 1. The number of benzene rings is 1. The first-order valence-corrected chi connectivity index (χ1v) is 11.2. The molecule has 0 spiro atoms. The second kappa shape index (κ2) is 8.52. The van der Waals surface area contributed by atoms with Crippen molar-refractivity contribution in [3.8, 4) is 0 Å². The summed E-state index contributed by atoms with van der Waals surface area (Å²) in [6.45, 7) is 6.67. The summed E-state index contributed by atoms with van der Waals surface area (Å²) >= 11 is 1.60. The molecule has 6 nitrogen and oxygen atoms in total. The molecular formula is C23H26N4O2S. The molecule has 1 saturated heterocycles. The van der Waals surface area contributed by atoms with Gasteiger partial charge >= 0.3 is 11.8 Å². The summed E-state index contributed by atoms with van der Waals surface area (Å²) in [5.74, 6) is -0.756.